The van der Waals surface area contributed by atoms with Gasteiger partial charge in [0.2, 0.25) is 5.89 Å². The summed E-state index contributed by atoms with van der Waals surface area (Å²) in [5, 5.41) is 7.55. The Morgan fingerprint density at radius 1 is 1.44 bits per heavy atom. The maximum Gasteiger partial charge on any atom is 0.223 e. The van der Waals surface area contributed by atoms with Crippen molar-refractivity contribution < 1.29 is 9.26 Å². The van der Waals surface area contributed by atoms with Crippen LogP contribution < -0.4 is 5.32 Å². The topological polar surface area (TPSA) is 60.2 Å². The van der Waals surface area contributed by atoms with E-state index in [-0.39, 0.29) is 5.41 Å². The Morgan fingerprint density at radius 2 is 2.28 bits per heavy atom. The lowest BCUT2D eigenvalue weighted by Crippen LogP contribution is -2.66. The molecule has 1 N–H and O–H groups in total. The van der Waals surface area contributed by atoms with E-state index in [1.807, 2.05) is 6.92 Å². The van der Waals surface area contributed by atoms with E-state index in [0.29, 0.717) is 24.0 Å². The van der Waals surface area contributed by atoms with Crippen molar-refractivity contribution in [1.82, 2.24) is 15.5 Å². The van der Waals surface area contributed by atoms with Gasteiger partial charge in [0.1, 0.15) is 0 Å². The molecule has 0 radical (unpaired) electrons. The average molecular weight is 251 g/mol. The maximum absolute atomic E-state index is 5.79. The molecule has 1 aliphatic carbocycles. The highest BCUT2D eigenvalue weighted by atomic mass is 16.5. The van der Waals surface area contributed by atoms with E-state index in [1.165, 1.54) is 6.42 Å². The lowest BCUT2D eigenvalue weighted by atomic mass is 9.57. The standard InChI is InChI=1S/C13H21N3O2/c1-8-15-10(16-18-8)4-6-14-11-9-5-7-17-12(9)13(11,2)3/h9,11-12,14H,4-7H2,1-3H3. The third-order valence-electron chi connectivity index (χ3n) is 4.38. The zero-order valence-electron chi connectivity index (χ0n) is 11.3. The van der Waals surface area contributed by atoms with Crippen molar-refractivity contribution in [2.75, 3.05) is 13.2 Å². The lowest BCUT2D eigenvalue weighted by Gasteiger charge is -2.55. The highest BCUT2D eigenvalue weighted by Crippen LogP contribution is 2.51. The Balaban J connectivity index is 1.51. The van der Waals surface area contributed by atoms with E-state index in [4.69, 9.17) is 9.26 Å². The molecule has 5 nitrogen and oxygen atoms in total. The maximum atomic E-state index is 5.79. The number of aromatic nitrogens is 2. The van der Waals surface area contributed by atoms with Crippen molar-refractivity contribution in [2.24, 2.45) is 11.3 Å². The fraction of sp³-hybridized carbons (Fsp3) is 0.846. The zero-order valence-corrected chi connectivity index (χ0v) is 11.3. The van der Waals surface area contributed by atoms with Gasteiger partial charge >= 0.3 is 0 Å². The molecule has 2 fully saturated rings. The second-order valence-corrected chi connectivity index (χ2v) is 5.98. The highest BCUT2D eigenvalue weighted by Gasteiger charge is 2.58. The molecule has 3 atom stereocenters. The molecule has 18 heavy (non-hydrogen) atoms. The summed E-state index contributed by atoms with van der Waals surface area (Å²) in [6, 6.07) is 0.554. The summed E-state index contributed by atoms with van der Waals surface area (Å²) in [5.74, 6) is 2.11. The molecule has 2 heterocycles. The number of fused-ring (bicyclic) bond motifs is 1. The molecule has 0 aromatic carbocycles. The molecule has 100 valence electrons. The van der Waals surface area contributed by atoms with E-state index in [0.717, 1.165) is 25.4 Å². The van der Waals surface area contributed by atoms with Crippen LogP contribution in [0.15, 0.2) is 4.52 Å². The summed E-state index contributed by atoms with van der Waals surface area (Å²) in [5.41, 5.74) is 0.244. The minimum Gasteiger partial charge on any atom is -0.377 e. The van der Waals surface area contributed by atoms with Crippen LogP contribution in [0.1, 0.15) is 32.0 Å². The van der Waals surface area contributed by atoms with Gasteiger partial charge in [0.15, 0.2) is 5.82 Å². The van der Waals surface area contributed by atoms with Crippen LogP contribution in [0.4, 0.5) is 0 Å². The quantitative estimate of drug-likeness (QED) is 0.874. The fourth-order valence-electron chi connectivity index (χ4n) is 3.52. The first kappa shape index (κ1) is 12.1. The number of hydrogen-bond acceptors (Lipinski definition) is 5. The molecule has 0 bridgehead atoms. The van der Waals surface area contributed by atoms with Gasteiger partial charge in [0.25, 0.3) is 0 Å². The van der Waals surface area contributed by atoms with Crippen molar-refractivity contribution in [3.63, 3.8) is 0 Å². The zero-order chi connectivity index (χ0) is 12.8. The summed E-state index contributed by atoms with van der Waals surface area (Å²) in [6.45, 7) is 8.21. The molecule has 1 aliphatic heterocycles. The molecular weight excluding hydrogens is 230 g/mol. The minimum absolute atomic E-state index is 0.244. The van der Waals surface area contributed by atoms with Gasteiger partial charge in [0.05, 0.1) is 6.10 Å². The predicted octanol–water partition coefficient (Wildman–Crippen LogP) is 1.32. The Morgan fingerprint density at radius 3 is 3.00 bits per heavy atom. The summed E-state index contributed by atoms with van der Waals surface area (Å²) < 4.78 is 10.7. The molecular formula is C13H21N3O2. The highest BCUT2D eigenvalue weighted by molar-refractivity contribution is 5.11. The summed E-state index contributed by atoms with van der Waals surface area (Å²) in [6.07, 6.45) is 2.46. The molecule has 0 spiro atoms. The molecule has 1 aromatic heterocycles. The Bertz CT molecular complexity index is 430. The van der Waals surface area contributed by atoms with Crippen LogP contribution in [-0.2, 0) is 11.2 Å². The van der Waals surface area contributed by atoms with Crippen molar-refractivity contribution in [3.8, 4) is 0 Å². The molecule has 2 aliphatic rings. The Hall–Kier alpha value is -0.940. The Kier molecular flexibility index (Phi) is 2.90. The second-order valence-electron chi connectivity index (χ2n) is 5.98. The monoisotopic (exact) mass is 251 g/mol. The van der Waals surface area contributed by atoms with E-state index < -0.39 is 0 Å². The van der Waals surface area contributed by atoms with Crippen LogP contribution >= 0.6 is 0 Å². The molecule has 1 saturated heterocycles. The predicted molar refractivity (Wildman–Crippen MR) is 66.2 cm³/mol. The van der Waals surface area contributed by atoms with Crippen LogP contribution in [0.5, 0.6) is 0 Å². The molecule has 3 rings (SSSR count). The molecule has 3 unspecified atom stereocenters. The normalized spacial score (nSPS) is 33.2. The van der Waals surface area contributed by atoms with Crippen LogP contribution in [-0.4, -0.2) is 35.4 Å². The first-order valence-corrected chi connectivity index (χ1v) is 6.73. The van der Waals surface area contributed by atoms with Crippen molar-refractivity contribution in [2.45, 2.75) is 45.8 Å². The minimum atomic E-state index is 0.244. The van der Waals surface area contributed by atoms with Crippen LogP contribution in [0.2, 0.25) is 0 Å². The second kappa shape index (κ2) is 4.31. The molecule has 1 aromatic rings. The lowest BCUT2D eigenvalue weighted by molar-refractivity contribution is -0.112. The van der Waals surface area contributed by atoms with Gasteiger partial charge < -0.3 is 14.6 Å². The van der Waals surface area contributed by atoms with Gasteiger partial charge in [-0.05, 0) is 6.42 Å². The van der Waals surface area contributed by atoms with Gasteiger partial charge in [-0.3, -0.25) is 0 Å². The number of rotatable bonds is 4. The molecule has 5 heteroatoms. The van der Waals surface area contributed by atoms with Crippen LogP contribution in [0.3, 0.4) is 0 Å². The number of aryl methyl sites for hydroxylation is 1. The van der Waals surface area contributed by atoms with Gasteiger partial charge in [0, 0.05) is 43.9 Å². The molecule has 1 saturated carbocycles. The largest absolute Gasteiger partial charge is 0.377 e. The first-order valence-electron chi connectivity index (χ1n) is 6.73. The van der Waals surface area contributed by atoms with Gasteiger partial charge in [-0.15, -0.1) is 0 Å². The summed E-state index contributed by atoms with van der Waals surface area (Å²) in [7, 11) is 0. The average Bonchev–Trinajstić information content (AvgIpc) is 2.92. The van der Waals surface area contributed by atoms with Crippen LogP contribution in [0, 0.1) is 18.3 Å². The van der Waals surface area contributed by atoms with Gasteiger partial charge in [-0.1, -0.05) is 19.0 Å². The van der Waals surface area contributed by atoms with Crippen molar-refractivity contribution in [3.05, 3.63) is 11.7 Å². The number of hydrogen-bond donors (Lipinski definition) is 1. The summed E-state index contributed by atoms with van der Waals surface area (Å²) >= 11 is 0. The first-order chi connectivity index (χ1) is 8.59. The number of ether oxygens (including phenoxy) is 1. The van der Waals surface area contributed by atoms with E-state index in [9.17, 15) is 0 Å². The SMILES string of the molecule is Cc1nc(CCNC2C3CCOC3C2(C)C)no1. The summed E-state index contributed by atoms with van der Waals surface area (Å²) in [4.78, 5) is 4.21. The third-order valence-corrected chi connectivity index (χ3v) is 4.38. The van der Waals surface area contributed by atoms with Gasteiger partial charge in [-0.25, -0.2) is 0 Å². The van der Waals surface area contributed by atoms with E-state index >= 15 is 0 Å². The van der Waals surface area contributed by atoms with Crippen LogP contribution in [0.25, 0.3) is 0 Å². The fourth-order valence-corrected chi connectivity index (χ4v) is 3.52. The van der Waals surface area contributed by atoms with Crippen molar-refractivity contribution >= 4 is 0 Å². The number of nitrogens with one attached hydrogen (secondary N) is 1. The third kappa shape index (κ3) is 1.86. The smallest absolute Gasteiger partial charge is 0.223 e. The number of nitrogens with zero attached hydrogens (tertiary/aromatic N) is 2. The van der Waals surface area contributed by atoms with Gasteiger partial charge in [-0.2, -0.15) is 4.98 Å². The van der Waals surface area contributed by atoms with E-state index in [2.05, 4.69) is 29.3 Å². The molecule has 0 amide bonds. The van der Waals surface area contributed by atoms with E-state index in [1.54, 1.807) is 0 Å². The Labute approximate surface area is 107 Å². The van der Waals surface area contributed by atoms with Crippen molar-refractivity contribution in [1.29, 1.82) is 0 Å².